The highest BCUT2D eigenvalue weighted by Gasteiger charge is 2.40. The van der Waals surface area contributed by atoms with Gasteiger partial charge in [0.25, 0.3) is 0 Å². The largest absolute Gasteiger partial charge is 0.507 e. The van der Waals surface area contributed by atoms with Gasteiger partial charge in [0.2, 0.25) is 6.35 Å². The number of ether oxygens (including phenoxy) is 1. The van der Waals surface area contributed by atoms with Crippen LogP contribution < -0.4 is 15.5 Å². The average molecular weight is 468 g/mol. The van der Waals surface area contributed by atoms with Crippen LogP contribution in [0.25, 0.3) is 17.1 Å². The molecule has 34 heavy (non-hydrogen) atoms. The summed E-state index contributed by atoms with van der Waals surface area (Å²) >= 11 is 0. The van der Waals surface area contributed by atoms with E-state index in [-0.39, 0.29) is 17.0 Å². The second kappa shape index (κ2) is 8.92. The summed E-state index contributed by atoms with van der Waals surface area (Å²) in [5.41, 5.74) is 1.25. The predicted octanol–water partition coefficient (Wildman–Crippen LogP) is 2.99. The fourth-order valence-corrected chi connectivity index (χ4v) is 5.33. The molecule has 2 fully saturated rings. The Bertz CT molecular complexity index is 1120. The van der Waals surface area contributed by atoms with Gasteiger partial charge in [-0.25, -0.2) is 14.4 Å². The van der Waals surface area contributed by atoms with Crippen molar-refractivity contribution in [2.24, 2.45) is 4.99 Å². The van der Waals surface area contributed by atoms with Crippen molar-refractivity contribution in [1.29, 1.82) is 0 Å². The molecule has 1 aromatic heterocycles. The van der Waals surface area contributed by atoms with Gasteiger partial charge in [-0.15, -0.1) is 10.2 Å². The Labute approximate surface area is 198 Å². The third-order valence-corrected chi connectivity index (χ3v) is 7.12. The number of aromatic nitrogens is 3. The number of fused-ring (bicyclic) bond motifs is 2. The fourth-order valence-electron chi connectivity index (χ4n) is 5.33. The normalized spacial score (nSPS) is 28.5. The summed E-state index contributed by atoms with van der Waals surface area (Å²) in [6.45, 7) is 2.31. The SMILES string of the molecule is COC1N=CC(F)=C(c2ccc(-c3ncc(N(C)[C@H]4C[C@@H]5CCC[C@](C)(C4)N5)nn3)c(O)c2)N1. The number of halogens is 1. The molecule has 2 aromatic rings. The lowest BCUT2D eigenvalue weighted by Gasteiger charge is -2.49. The van der Waals surface area contributed by atoms with Gasteiger partial charge < -0.3 is 25.4 Å². The fraction of sp³-hybridized carbons (Fsp3) is 0.500. The Morgan fingerprint density at radius 3 is 2.85 bits per heavy atom. The molecule has 2 bridgehead atoms. The molecule has 9 nitrogen and oxygen atoms in total. The second-order valence-electron chi connectivity index (χ2n) is 9.60. The molecule has 1 aromatic carbocycles. The van der Waals surface area contributed by atoms with Gasteiger partial charge in [0.05, 0.1) is 23.7 Å². The molecule has 180 valence electrons. The van der Waals surface area contributed by atoms with Crippen LogP contribution in [0.4, 0.5) is 10.2 Å². The molecule has 0 spiro atoms. The van der Waals surface area contributed by atoms with Gasteiger partial charge in [-0.1, -0.05) is 12.5 Å². The summed E-state index contributed by atoms with van der Waals surface area (Å²) in [6, 6.07) is 5.70. The average Bonchev–Trinajstić information content (AvgIpc) is 2.83. The summed E-state index contributed by atoms with van der Waals surface area (Å²) < 4.78 is 19.4. The maximum atomic E-state index is 14.3. The van der Waals surface area contributed by atoms with Crippen molar-refractivity contribution in [3.63, 3.8) is 0 Å². The lowest BCUT2D eigenvalue weighted by Crippen LogP contribution is -2.61. The number of phenolic OH excluding ortho intramolecular Hbond substituents is 1. The number of aliphatic imine (C=N–C) groups is 1. The van der Waals surface area contributed by atoms with Gasteiger partial charge in [0, 0.05) is 37.3 Å². The number of piperidine rings is 2. The van der Waals surface area contributed by atoms with E-state index < -0.39 is 12.2 Å². The minimum Gasteiger partial charge on any atom is -0.507 e. The zero-order valence-corrected chi connectivity index (χ0v) is 19.6. The van der Waals surface area contributed by atoms with Gasteiger partial charge >= 0.3 is 0 Å². The van der Waals surface area contributed by atoms with Crippen LogP contribution in [0, 0.1) is 0 Å². The van der Waals surface area contributed by atoms with Crippen molar-refractivity contribution in [3.8, 4) is 17.1 Å². The Morgan fingerprint density at radius 1 is 1.29 bits per heavy atom. The van der Waals surface area contributed by atoms with Crippen LogP contribution in [-0.2, 0) is 4.74 Å². The number of nitrogens with zero attached hydrogens (tertiary/aromatic N) is 5. The number of methoxy groups -OCH3 is 1. The molecule has 0 amide bonds. The third kappa shape index (κ3) is 4.35. The summed E-state index contributed by atoms with van der Waals surface area (Å²) in [6.07, 6.45) is 7.94. The zero-order valence-electron chi connectivity index (χ0n) is 19.6. The van der Waals surface area contributed by atoms with E-state index in [1.54, 1.807) is 18.3 Å². The van der Waals surface area contributed by atoms with Gasteiger partial charge in [0.15, 0.2) is 17.5 Å². The number of phenols is 1. The highest BCUT2D eigenvalue weighted by molar-refractivity contribution is 5.90. The van der Waals surface area contributed by atoms with Crippen LogP contribution in [0.5, 0.6) is 5.75 Å². The van der Waals surface area contributed by atoms with Gasteiger partial charge in [-0.2, -0.15) is 0 Å². The number of allylic oxidation sites excluding steroid dienone is 1. The van der Waals surface area contributed by atoms with E-state index in [4.69, 9.17) is 4.74 Å². The number of hydrogen-bond donors (Lipinski definition) is 3. The van der Waals surface area contributed by atoms with Crippen LogP contribution in [-0.4, -0.2) is 64.6 Å². The summed E-state index contributed by atoms with van der Waals surface area (Å²) in [4.78, 5) is 10.5. The molecular weight excluding hydrogens is 437 g/mol. The van der Waals surface area contributed by atoms with E-state index in [2.05, 4.69) is 42.6 Å². The molecule has 0 aliphatic carbocycles. The molecule has 10 heteroatoms. The van der Waals surface area contributed by atoms with Crippen molar-refractivity contribution in [2.45, 2.75) is 63.0 Å². The first kappa shape index (κ1) is 22.7. The molecular formula is C24H30FN7O2. The first-order chi connectivity index (χ1) is 16.3. The minimum absolute atomic E-state index is 0.0712. The first-order valence-electron chi connectivity index (χ1n) is 11.6. The van der Waals surface area contributed by atoms with Crippen LogP contribution in [0.3, 0.4) is 0 Å². The molecule has 1 unspecified atom stereocenters. The number of benzene rings is 1. The zero-order chi connectivity index (χ0) is 23.9. The summed E-state index contributed by atoms with van der Waals surface area (Å²) in [7, 11) is 3.52. The van der Waals surface area contributed by atoms with E-state index in [9.17, 15) is 9.50 Å². The number of rotatable bonds is 5. The number of aromatic hydroxyl groups is 1. The second-order valence-corrected chi connectivity index (χ2v) is 9.60. The smallest absolute Gasteiger partial charge is 0.225 e. The van der Waals surface area contributed by atoms with Gasteiger partial charge in [-0.05, 0) is 44.7 Å². The maximum Gasteiger partial charge on any atom is 0.225 e. The van der Waals surface area contributed by atoms with E-state index >= 15 is 0 Å². The molecule has 0 radical (unpaired) electrons. The number of anilines is 1. The van der Waals surface area contributed by atoms with Crippen LogP contribution in [0.2, 0.25) is 0 Å². The van der Waals surface area contributed by atoms with Crippen molar-refractivity contribution >= 4 is 17.7 Å². The van der Waals surface area contributed by atoms with E-state index in [0.29, 0.717) is 34.9 Å². The van der Waals surface area contributed by atoms with Crippen LogP contribution in [0.1, 0.15) is 44.6 Å². The topological polar surface area (TPSA) is 108 Å². The Balaban J connectivity index is 1.33. The Kier molecular flexibility index (Phi) is 5.95. The van der Waals surface area contributed by atoms with Crippen LogP contribution >= 0.6 is 0 Å². The van der Waals surface area contributed by atoms with E-state index in [1.807, 2.05) is 7.05 Å². The molecule has 3 aliphatic rings. The van der Waals surface area contributed by atoms with Crippen LogP contribution in [0.15, 0.2) is 35.2 Å². The third-order valence-electron chi connectivity index (χ3n) is 7.12. The lowest BCUT2D eigenvalue weighted by molar-refractivity contribution is 0.0949. The minimum atomic E-state index is -0.685. The summed E-state index contributed by atoms with van der Waals surface area (Å²) in [5, 5.41) is 25.9. The molecule has 4 atom stereocenters. The van der Waals surface area contributed by atoms with Crippen molar-refractivity contribution in [3.05, 3.63) is 35.8 Å². The van der Waals surface area contributed by atoms with Crippen molar-refractivity contribution in [2.75, 3.05) is 19.1 Å². The molecule has 2 saturated heterocycles. The first-order valence-corrected chi connectivity index (χ1v) is 11.6. The molecule has 3 aliphatic heterocycles. The standard InChI is InChI=1S/C24H30FN7O2/c1-24-8-4-5-15(29-24)10-16(11-24)32(2)20-13-26-22(31-30-20)17-7-6-14(9-19(17)33)21-18(25)12-27-23(28-21)34-3/h6-7,9,12-13,15-16,23,28-29,33H,4-5,8,10-11H2,1-3H3/t15-,16-,23?,24+/m0/s1. The highest BCUT2D eigenvalue weighted by Crippen LogP contribution is 2.36. The van der Waals surface area contributed by atoms with E-state index in [0.717, 1.165) is 19.1 Å². The number of hydrogen-bond acceptors (Lipinski definition) is 9. The predicted molar refractivity (Wildman–Crippen MR) is 128 cm³/mol. The van der Waals surface area contributed by atoms with Gasteiger partial charge in [-0.3, -0.25) is 0 Å². The molecule has 3 N–H and O–H groups in total. The lowest BCUT2D eigenvalue weighted by atomic mass is 9.75. The van der Waals surface area contributed by atoms with E-state index in [1.165, 1.54) is 32.4 Å². The van der Waals surface area contributed by atoms with Crippen molar-refractivity contribution in [1.82, 2.24) is 25.8 Å². The maximum absolute atomic E-state index is 14.3. The monoisotopic (exact) mass is 467 g/mol. The van der Waals surface area contributed by atoms with Crippen molar-refractivity contribution < 1.29 is 14.2 Å². The Hall–Kier alpha value is -3.11. The molecule has 5 rings (SSSR count). The Morgan fingerprint density at radius 2 is 2.15 bits per heavy atom. The number of nitrogens with one attached hydrogen (secondary N) is 2. The quantitative estimate of drug-likeness (QED) is 0.616. The molecule has 0 saturated carbocycles. The summed E-state index contributed by atoms with van der Waals surface area (Å²) in [5.74, 6) is 0.398. The highest BCUT2D eigenvalue weighted by atomic mass is 19.1. The molecule has 4 heterocycles. The van der Waals surface area contributed by atoms with Gasteiger partial charge in [0.1, 0.15) is 5.75 Å².